The molecule has 0 saturated heterocycles. The van der Waals surface area contributed by atoms with E-state index in [2.05, 4.69) is 13.2 Å². The van der Waals surface area contributed by atoms with Gasteiger partial charge in [0.2, 0.25) is 0 Å². The van der Waals surface area contributed by atoms with Crippen LogP contribution in [0.4, 0.5) is 0 Å². The number of ether oxygens (including phenoxy) is 4. The Morgan fingerprint density at radius 3 is 1.19 bits per heavy atom. The van der Waals surface area contributed by atoms with Gasteiger partial charge >= 0.3 is 0 Å². The minimum atomic E-state index is -0.213. The van der Waals surface area contributed by atoms with Crippen molar-refractivity contribution in [2.75, 3.05) is 14.2 Å². The molecule has 0 saturated carbocycles. The van der Waals surface area contributed by atoms with E-state index in [1.807, 2.05) is 62.4 Å². The summed E-state index contributed by atoms with van der Waals surface area (Å²) in [5.74, 6) is 1.61. The number of rotatable bonds is 8. The Bertz CT molecular complexity index is 587. The third-order valence-electron chi connectivity index (χ3n) is 3.50. The van der Waals surface area contributed by atoms with Crippen molar-refractivity contribution in [1.29, 1.82) is 0 Å². The molecule has 0 spiro atoms. The van der Waals surface area contributed by atoms with Crippen molar-refractivity contribution in [3.05, 3.63) is 72.8 Å². The standard InChI is InChI=1S/2C11H14O2/c2*1-4-10-5-7-11(8-6-10)13-9(2)12-3/h2*4-9H,1H2,2-3H3. The number of benzene rings is 2. The van der Waals surface area contributed by atoms with Gasteiger partial charge in [-0.3, -0.25) is 0 Å². The third kappa shape index (κ3) is 8.01. The van der Waals surface area contributed by atoms with E-state index in [1.165, 1.54) is 0 Å². The van der Waals surface area contributed by atoms with Crippen molar-refractivity contribution in [2.45, 2.75) is 26.4 Å². The molecule has 0 bridgehead atoms. The summed E-state index contributed by atoms with van der Waals surface area (Å²) in [7, 11) is 3.23. The first kappa shape index (κ1) is 21.5. The first-order valence-electron chi connectivity index (χ1n) is 8.36. The molecule has 2 rings (SSSR count). The van der Waals surface area contributed by atoms with Gasteiger partial charge in [0.05, 0.1) is 0 Å². The van der Waals surface area contributed by atoms with Crippen LogP contribution in [0.15, 0.2) is 61.7 Å². The van der Waals surface area contributed by atoms with Gasteiger partial charge in [-0.05, 0) is 49.2 Å². The van der Waals surface area contributed by atoms with Crippen molar-refractivity contribution in [1.82, 2.24) is 0 Å². The summed E-state index contributed by atoms with van der Waals surface area (Å²) in [5, 5.41) is 0. The molecule has 0 aliphatic carbocycles. The van der Waals surface area contributed by atoms with E-state index in [1.54, 1.807) is 26.4 Å². The molecular weight excluding hydrogens is 328 g/mol. The highest BCUT2D eigenvalue weighted by Crippen LogP contribution is 2.15. The quantitative estimate of drug-likeness (QED) is 0.593. The van der Waals surface area contributed by atoms with Crippen molar-refractivity contribution < 1.29 is 18.9 Å². The van der Waals surface area contributed by atoms with Gasteiger partial charge in [0.15, 0.2) is 12.6 Å². The lowest BCUT2D eigenvalue weighted by molar-refractivity contribution is -0.0385. The summed E-state index contributed by atoms with van der Waals surface area (Å²) in [6.45, 7) is 11.0. The van der Waals surface area contributed by atoms with E-state index in [9.17, 15) is 0 Å². The highest BCUT2D eigenvalue weighted by atomic mass is 16.7. The molecule has 0 aliphatic heterocycles. The lowest BCUT2D eigenvalue weighted by Gasteiger charge is -2.12. The fourth-order valence-electron chi connectivity index (χ4n) is 1.84. The molecule has 4 heteroatoms. The third-order valence-corrected chi connectivity index (χ3v) is 3.50. The number of hydrogen-bond acceptors (Lipinski definition) is 4. The average molecular weight is 356 g/mol. The summed E-state index contributed by atoms with van der Waals surface area (Å²) in [4.78, 5) is 0. The van der Waals surface area contributed by atoms with Crippen LogP contribution in [0.25, 0.3) is 12.2 Å². The summed E-state index contributed by atoms with van der Waals surface area (Å²) in [5.41, 5.74) is 2.16. The number of hydrogen-bond donors (Lipinski definition) is 0. The zero-order valence-electron chi connectivity index (χ0n) is 16.0. The molecule has 2 aromatic carbocycles. The van der Waals surface area contributed by atoms with E-state index in [4.69, 9.17) is 18.9 Å². The van der Waals surface area contributed by atoms with Crippen molar-refractivity contribution in [3.8, 4) is 11.5 Å². The lowest BCUT2D eigenvalue weighted by Crippen LogP contribution is -2.13. The Kier molecular flexibility index (Phi) is 9.83. The smallest absolute Gasteiger partial charge is 0.196 e. The predicted molar refractivity (Wildman–Crippen MR) is 107 cm³/mol. The maximum atomic E-state index is 5.41. The largest absolute Gasteiger partial charge is 0.465 e. The van der Waals surface area contributed by atoms with Crippen molar-refractivity contribution >= 4 is 12.2 Å². The molecule has 4 nitrogen and oxygen atoms in total. The first-order chi connectivity index (χ1) is 12.5. The van der Waals surface area contributed by atoms with Crippen LogP contribution in [-0.2, 0) is 9.47 Å². The Hall–Kier alpha value is -2.56. The van der Waals surface area contributed by atoms with Crippen LogP contribution in [0.1, 0.15) is 25.0 Å². The zero-order chi connectivity index (χ0) is 19.4. The molecule has 0 fully saturated rings. The molecule has 26 heavy (non-hydrogen) atoms. The van der Waals surface area contributed by atoms with Gasteiger partial charge in [-0.25, -0.2) is 0 Å². The Morgan fingerprint density at radius 2 is 0.962 bits per heavy atom. The van der Waals surface area contributed by atoms with Gasteiger partial charge in [0.25, 0.3) is 0 Å². The lowest BCUT2D eigenvalue weighted by atomic mass is 10.2. The van der Waals surface area contributed by atoms with E-state index in [-0.39, 0.29) is 12.6 Å². The summed E-state index contributed by atoms with van der Waals surface area (Å²) < 4.78 is 20.7. The molecule has 2 aromatic rings. The maximum Gasteiger partial charge on any atom is 0.196 e. The minimum Gasteiger partial charge on any atom is -0.465 e. The van der Waals surface area contributed by atoms with Crippen LogP contribution >= 0.6 is 0 Å². The Labute approximate surface area is 156 Å². The maximum absolute atomic E-state index is 5.41. The summed E-state index contributed by atoms with van der Waals surface area (Å²) >= 11 is 0. The van der Waals surface area contributed by atoms with Gasteiger partial charge in [0.1, 0.15) is 11.5 Å². The van der Waals surface area contributed by atoms with Crippen LogP contribution in [0.3, 0.4) is 0 Å². The molecule has 0 aromatic heterocycles. The topological polar surface area (TPSA) is 36.9 Å². The SMILES string of the molecule is C=Cc1ccc(OC(C)OC)cc1.C=Cc1ccc(OC(C)OC)cc1. The average Bonchev–Trinajstić information content (AvgIpc) is 2.69. The van der Waals surface area contributed by atoms with Gasteiger partial charge in [-0.2, -0.15) is 0 Å². The van der Waals surface area contributed by atoms with Crippen LogP contribution in [0.2, 0.25) is 0 Å². The monoisotopic (exact) mass is 356 g/mol. The van der Waals surface area contributed by atoms with E-state index in [0.717, 1.165) is 22.6 Å². The molecule has 0 amide bonds. The second kappa shape index (κ2) is 11.9. The molecule has 140 valence electrons. The summed E-state index contributed by atoms with van der Waals surface area (Å²) in [6, 6.07) is 15.4. The van der Waals surface area contributed by atoms with Gasteiger partial charge in [0, 0.05) is 14.2 Å². The fourth-order valence-corrected chi connectivity index (χ4v) is 1.84. The Balaban J connectivity index is 0.000000260. The minimum absolute atomic E-state index is 0.213. The molecule has 0 heterocycles. The first-order valence-corrected chi connectivity index (χ1v) is 8.36. The molecular formula is C22H28O4. The predicted octanol–water partition coefficient (Wildman–Crippen LogP) is 5.40. The second-order valence-corrected chi connectivity index (χ2v) is 5.39. The van der Waals surface area contributed by atoms with E-state index in [0.29, 0.717) is 0 Å². The molecule has 0 aliphatic rings. The van der Waals surface area contributed by atoms with Crippen molar-refractivity contribution in [3.63, 3.8) is 0 Å². The summed E-state index contributed by atoms with van der Waals surface area (Å²) in [6.07, 6.45) is 3.16. The zero-order valence-corrected chi connectivity index (χ0v) is 16.0. The highest BCUT2D eigenvalue weighted by Gasteiger charge is 2.00. The van der Waals surface area contributed by atoms with Crippen molar-refractivity contribution in [2.24, 2.45) is 0 Å². The van der Waals surface area contributed by atoms with Crippen LogP contribution in [0, 0.1) is 0 Å². The molecule has 2 unspecified atom stereocenters. The second-order valence-electron chi connectivity index (χ2n) is 5.39. The molecule has 0 N–H and O–H groups in total. The Morgan fingerprint density at radius 1 is 0.654 bits per heavy atom. The van der Waals surface area contributed by atoms with E-state index >= 15 is 0 Å². The molecule has 0 radical (unpaired) electrons. The highest BCUT2D eigenvalue weighted by molar-refractivity contribution is 5.48. The van der Waals surface area contributed by atoms with Crippen LogP contribution in [-0.4, -0.2) is 26.8 Å². The van der Waals surface area contributed by atoms with Gasteiger partial charge in [-0.1, -0.05) is 49.6 Å². The van der Waals surface area contributed by atoms with Gasteiger partial charge < -0.3 is 18.9 Å². The van der Waals surface area contributed by atoms with Crippen LogP contribution < -0.4 is 9.47 Å². The fraction of sp³-hybridized carbons (Fsp3) is 0.273. The van der Waals surface area contributed by atoms with E-state index < -0.39 is 0 Å². The molecule has 2 atom stereocenters. The van der Waals surface area contributed by atoms with Crippen LogP contribution in [0.5, 0.6) is 11.5 Å². The van der Waals surface area contributed by atoms with Gasteiger partial charge in [-0.15, -0.1) is 0 Å². The normalized spacial score (nSPS) is 12.2. The number of methoxy groups -OCH3 is 2.